The Morgan fingerprint density at radius 3 is 2.48 bits per heavy atom. The number of carbonyl (C=O) groups excluding carboxylic acids is 3. The SMILES string of the molecule is C[C@@H](NC(=O)COC(=O)c1ccc(C=O)cc1)c1ccc2c(c1)CCCC2. The molecular weight excluding hydrogens is 342 g/mol. The minimum atomic E-state index is -0.593. The van der Waals surface area contributed by atoms with Crippen LogP contribution in [-0.2, 0) is 22.4 Å². The number of aldehydes is 1. The number of amides is 1. The second-order valence-corrected chi connectivity index (χ2v) is 6.84. The van der Waals surface area contributed by atoms with Crippen LogP contribution in [0, 0.1) is 0 Å². The van der Waals surface area contributed by atoms with Crippen molar-refractivity contribution in [3.63, 3.8) is 0 Å². The van der Waals surface area contributed by atoms with Crippen molar-refractivity contribution in [3.8, 4) is 0 Å². The van der Waals surface area contributed by atoms with Crippen molar-refractivity contribution in [2.24, 2.45) is 0 Å². The highest BCUT2D eigenvalue weighted by Gasteiger charge is 2.15. The summed E-state index contributed by atoms with van der Waals surface area (Å²) in [6.45, 7) is 1.58. The predicted octanol–water partition coefficient (Wildman–Crippen LogP) is 3.41. The van der Waals surface area contributed by atoms with Crippen LogP contribution in [0.15, 0.2) is 42.5 Å². The normalized spacial score (nSPS) is 14.0. The topological polar surface area (TPSA) is 72.5 Å². The lowest BCUT2D eigenvalue weighted by molar-refractivity contribution is -0.124. The van der Waals surface area contributed by atoms with Crippen molar-refractivity contribution in [1.29, 1.82) is 0 Å². The summed E-state index contributed by atoms with van der Waals surface area (Å²) in [6, 6.07) is 12.3. The van der Waals surface area contributed by atoms with E-state index in [0.29, 0.717) is 17.4 Å². The van der Waals surface area contributed by atoms with E-state index in [-0.39, 0.29) is 18.6 Å². The molecule has 5 nitrogen and oxygen atoms in total. The second kappa shape index (κ2) is 8.62. The number of hydrogen-bond donors (Lipinski definition) is 1. The highest BCUT2D eigenvalue weighted by atomic mass is 16.5. The molecule has 3 rings (SSSR count). The smallest absolute Gasteiger partial charge is 0.338 e. The van der Waals surface area contributed by atoms with Gasteiger partial charge >= 0.3 is 5.97 Å². The molecule has 0 heterocycles. The molecule has 1 atom stereocenters. The fraction of sp³-hybridized carbons (Fsp3) is 0.318. The van der Waals surface area contributed by atoms with Crippen LogP contribution in [0.5, 0.6) is 0 Å². The number of aryl methyl sites for hydroxylation is 2. The van der Waals surface area contributed by atoms with Gasteiger partial charge in [-0.15, -0.1) is 0 Å². The van der Waals surface area contributed by atoms with Gasteiger partial charge in [-0.2, -0.15) is 0 Å². The van der Waals surface area contributed by atoms with Gasteiger partial charge in [0.2, 0.25) is 0 Å². The lowest BCUT2D eigenvalue weighted by atomic mass is 9.89. The summed E-state index contributed by atoms with van der Waals surface area (Å²) < 4.78 is 5.05. The van der Waals surface area contributed by atoms with Crippen LogP contribution in [0.2, 0.25) is 0 Å². The quantitative estimate of drug-likeness (QED) is 0.629. The molecule has 0 bridgehead atoms. The standard InChI is InChI=1S/C22H23NO4/c1-15(19-11-10-17-4-2-3-5-20(17)12-19)23-21(25)14-27-22(26)18-8-6-16(13-24)7-9-18/h6-13,15H,2-5,14H2,1H3,(H,23,25)/t15-/m1/s1. The number of fused-ring (bicyclic) bond motifs is 1. The third kappa shape index (κ3) is 4.82. The molecule has 1 aliphatic carbocycles. The molecule has 0 saturated carbocycles. The van der Waals surface area contributed by atoms with E-state index in [0.717, 1.165) is 18.4 Å². The molecule has 140 valence electrons. The molecule has 0 fully saturated rings. The zero-order valence-corrected chi connectivity index (χ0v) is 15.4. The van der Waals surface area contributed by atoms with Crippen molar-refractivity contribution >= 4 is 18.2 Å². The van der Waals surface area contributed by atoms with Gasteiger partial charge in [-0.1, -0.05) is 30.3 Å². The summed E-state index contributed by atoms with van der Waals surface area (Å²) >= 11 is 0. The summed E-state index contributed by atoms with van der Waals surface area (Å²) in [5.41, 5.74) is 4.60. The van der Waals surface area contributed by atoms with Gasteiger partial charge in [-0.25, -0.2) is 4.79 Å². The van der Waals surface area contributed by atoms with Gasteiger partial charge in [0.1, 0.15) is 6.29 Å². The van der Waals surface area contributed by atoms with E-state index in [9.17, 15) is 14.4 Å². The number of hydrogen-bond acceptors (Lipinski definition) is 4. The Morgan fingerprint density at radius 2 is 1.78 bits per heavy atom. The highest BCUT2D eigenvalue weighted by Crippen LogP contribution is 2.24. The van der Waals surface area contributed by atoms with Gasteiger partial charge in [0, 0.05) is 5.56 Å². The highest BCUT2D eigenvalue weighted by molar-refractivity contribution is 5.92. The Labute approximate surface area is 158 Å². The van der Waals surface area contributed by atoms with Gasteiger partial charge in [0.15, 0.2) is 6.61 Å². The minimum Gasteiger partial charge on any atom is -0.452 e. The molecule has 0 saturated heterocycles. The monoisotopic (exact) mass is 365 g/mol. The average molecular weight is 365 g/mol. The van der Waals surface area contributed by atoms with Crippen LogP contribution in [-0.4, -0.2) is 24.8 Å². The van der Waals surface area contributed by atoms with Crippen molar-refractivity contribution in [3.05, 3.63) is 70.3 Å². The first-order valence-electron chi connectivity index (χ1n) is 9.20. The minimum absolute atomic E-state index is 0.157. The van der Waals surface area contributed by atoms with E-state index in [4.69, 9.17) is 4.74 Å². The van der Waals surface area contributed by atoms with Crippen LogP contribution in [0.25, 0.3) is 0 Å². The number of rotatable bonds is 6. The molecular formula is C22H23NO4. The summed E-state index contributed by atoms with van der Waals surface area (Å²) in [6.07, 6.45) is 5.36. The van der Waals surface area contributed by atoms with Gasteiger partial charge in [0.25, 0.3) is 5.91 Å². The maximum atomic E-state index is 12.1. The van der Waals surface area contributed by atoms with E-state index in [1.807, 2.05) is 6.92 Å². The van der Waals surface area contributed by atoms with E-state index < -0.39 is 5.97 Å². The fourth-order valence-electron chi connectivity index (χ4n) is 3.30. The van der Waals surface area contributed by atoms with Crippen LogP contribution < -0.4 is 5.32 Å². The molecule has 27 heavy (non-hydrogen) atoms. The van der Waals surface area contributed by atoms with Gasteiger partial charge in [0.05, 0.1) is 11.6 Å². The van der Waals surface area contributed by atoms with E-state index >= 15 is 0 Å². The summed E-state index contributed by atoms with van der Waals surface area (Å²) in [5, 5.41) is 2.87. The number of ether oxygens (including phenoxy) is 1. The average Bonchev–Trinajstić information content (AvgIpc) is 2.71. The Bertz CT molecular complexity index is 842. The number of esters is 1. The number of nitrogens with one attached hydrogen (secondary N) is 1. The fourth-order valence-corrected chi connectivity index (χ4v) is 3.30. The summed E-state index contributed by atoms with van der Waals surface area (Å²) in [7, 11) is 0. The number of carbonyl (C=O) groups is 3. The zero-order chi connectivity index (χ0) is 19.2. The third-order valence-electron chi connectivity index (χ3n) is 4.87. The molecule has 0 radical (unpaired) electrons. The van der Waals surface area contributed by atoms with E-state index in [1.54, 1.807) is 0 Å². The molecule has 1 N–H and O–H groups in total. The van der Waals surface area contributed by atoms with Gasteiger partial charge in [-0.05, 0) is 61.4 Å². The van der Waals surface area contributed by atoms with Crippen LogP contribution in [0.4, 0.5) is 0 Å². The molecule has 0 unspecified atom stereocenters. The summed E-state index contributed by atoms with van der Waals surface area (Å²) in [5.74, 6) is -0.942. The molecule has 0 spiro atoms. The Morgan fingerprint density at radius 1 is 1.07 bits per heavy atom. The molecule has 2 aromatic rings. The van der Waals surface area contributed by atoms with Crippen LogP contribution in [0.1, 0.15) is 63.2 Å². The predicted molar refractivity (Wildman–Crippen MR) is 102 cm³/mol. The number of benzene rings is 2. The first-order valence-corrected chi connectivity index (χ1v) is 9.20. The second-order valence-electron chi connectivity index (χ2n) is 6.84. The van der Waals surface area contributed by atoms with Crippen LogP contribution >= 0.6 is 0 Å². The largest absolute Gasteiger partial charge is 0.452 e. The van der Waals surface area contributed by atoms with Crippen molar-refractivity contribution in [2.75, 3.05) is 6.61 Å². The Balaban J connectivity index is 1.52. The van der Waals surface area contributed by atoms with Crippen molar-refractivity contribution in [2.45, 2.75) is 38.6 Å². The molecule has 2 aromatic carbocycles. The third-order valence-corrected chi connectivity index (χ3v) is 4.87. The lowest BCUT2D eigenvalue weighted by Crippen LogP contribution is -2.31. The lowest BCUT2D eigenvalue weighted by Gasteiger charge is -2.20. The molecule has 5 heteroatoms. The van der Waals surface area contributed by atoms with Gasteiger partial charge in [-0.3, -0.25) is 9.59 Å². The molecule has 1 aliphatic rings. The first-order chi connectivity index (χ1) is 13.1. The van der Waals surface area contributed by atoms with E-state index in [2.05, 4.69) is 23.5 Å². The first kappa shape index (κ1) is 18.8. The summed E-state index contributed by atoms with van der Waals surface area (Å²) in [4.78, 5) is 34.7. The molecule has 0 aliphatic heterocycles. The Kier molecular flexibility index (Phi) is 6.01. The molecule has 0 aromatic heterocycles. The maximum Gasteiger partial charge on any atom is 0.338 e. The van der Waals surface area contributed by atoms with Crippen LogP contribution in [0.3, 0.4) is 0 Å². The van der Waals surface area contributed by atoms with Gasteiger partial charge < -0.3 is 10.1 Å². The van der Waals surface area contributed by atoms with Crippen molar-refractivity contribution in [1.82, 2.24) is 5.32 Å². The van der Waals surface area contributed by atoms with Crippen molar-refractivity contribution < 1.29 is 19.1 Å². The zero-order valence-electron chi connectivity index (χ0n) is 15.4. The van der Waals surface area contributed by atoms with E-state index in [1.165, 1.54) is 48.2 Å². The Hall–Kier alpha value is -2.95. The molecule has 1 amide bonds. The maximum absolute atomic E-state index is 12.1.